The Morgan fingerprint density at radius 3 is 2.70 bits per heavy atom. The molecule has 0 aliphatic rings. The third kappa shape index (κ3) is 2.92. The first-order chi connectivity index (χ1) is 9.55. The van der Waals surface area contributed by atoms with Gasteiger partial charge in [-0.15, -0.1) is 0 Å². The number of aryl methyl sites for hydroxylation is 1. The SMILES string of the molecule is CCC(CC)n1ccc(Cn2cc(N)c(C)cc2=O)n1. The molecule has 0 aliphatic carbocycles. The number of nitrogen functional groups attached to an aromatic ring is 1. The van der Waals surface area contributed by atoms with Crippen molar-refractivity contribution in [1.29, 1.82) is 0 Å². The largest absolute Gasteiger partial charge is 0.397 e. The van der Waals surface area contributed by atoms with Gasteiger partial charge in [-0.25, -0.2) is 0 Å². The fourth-order valence-electron chi connectivity index (χ4n) is 2.31. The fraction of sp³-hybridized carbons (Fsp3) is 0.467. The molecule has 5 heteroatoms. The molecule has 2 N–H and O–H groups in total. The number of anilines is 1. The first-order valence-corrected chi connectivity index (χ1v) is 7.05. The van der Waals surface area contributed by atoms with Crippen molar-refractivity contribution in [3.05, 3.63) is 46.1 Å². The molecule has 2 heterocycles. The van der Waals surface area contributed by atoms with Crippen LogP contribution in [0.25, 0.3) is 0 Å². The van der Waals surface area contributed by atoms with E-state index in [0.717, 1.165) is 24.1 Å². The van der Waals surface area contributed by atoms with Crippen LogP contribution in [0.15, 0.2) is 29.3 Å². The topological polar surface area (TPSA) is 65.8 Å². The quantitative estimate of drug-likeness (QED) is 0.910. The molecular weight excluding hydrogens is 252 g/mol. The summed E-state index contributed by atoms with van der Waals surface area (Å²) >= 11 is 0. The van der Waals surface area contributed by atoms with Gasteiger partial charge in [0.2, 0.25) is 0 Å². The van der Waals surface area contributed by atoms with Gasteiger partial charge < -0.3 is 10.3 Å². The van der Waals surface area contributed by atoms with Gasteiger partial charge in [-0.3, -0.25) is 9.48 Å². The highest BCUT2D eigenvalue weighted by Gasteiger charge is 2.09. The Morgan fingerprint density at radius 1 is 1.35 bits per heavy atom. The van der Waals surface area contributed by atoms with Gasteiger partial charge in [-0.1, -0.05) is 13.8 Å². The number of hydrogen-bond acceptors (Lipinski definition) is 3. The van der Waals surface area contributed by atoms with Crippen molar-refractivity contribution in [3.63, 3.8) is 0 Å². The summed E-state index contributed by atoms with van der Waals surface area (Å²) in [7, 11) is 0. The van der Waals surface area contributed by atoms with Crippen molar-refractivity contribution in [2.24, 2.45) is 0 Å². The predicted molar refractivity (Wildman–Crippen MR) is 80.8 cm³/mol. The van der Waals surface area contributed by atoms with Gasteiger partial charge in [0.05, 0.1) is 24.0 Å². The highest BCUT2D eigenvalue weighted by atomic mass is 16.1. The normalized spacial score (nSPS) is 11.2. The van der Waals surface area contributed by atoms with Crippen LogP contribution in [0.4, 0.5) is 5.69 Å². The Bertz CT molecular complexity index is 638. The average molecular weight is 274 g/mol. The number of aromatic nitrogens is 3. The molecule has 0 atom stereocenters. The summed E-state index contributed by atoms with van der Waals surface area (Å²) < 4.78 is 3.58. The van der Waals surface area contributed by atoms with E-state index >= 15 is 0 Å². The van der Waals surface area contributed by atoms with Crippen molar-refractivity contribution in [1.82, 2.24) is 14.3 Å². The first-order valence-electron chi connectivity index (χ1n) is 7.05. The molecule has 0 aromatic carbocycles. The lowest BCUT2D eigenvalue weighted by atomic mass is 10.2. The zero-order valence-electron chi connectivity index (χ0n) is 12.3. The van der Waals surface area contributed by atoms with Crippen LogP contribution >= 0.6 is 0 Å². The number of hydrogen-bond donors (Lipinski definition) is 1. The molecule has 0 bridgehead atoms. The number of rotatable bonds is 5. The molecule has 0 saturated carbocycles. The molecular formula is C15H22N4O. The number of pyridine rings is 1. The van der Waals surface area contributed by atoms with Crippen molar-refractivity contribution in [2.45, 2.75) is 46.2 Å². The minimum atomic E-state index is -0.0474. The molecule has 2 aromatic rings. The lowest BCUT2D eigenvalue weighted by Crippen LogP contribution is -2.21. The molecule has 0 saturated heterocycles. The summed E-state index contributed by atoms with van der Waals surface area (Å²) in [6.45, 7) is 6.60. The Labute approximate surface area is 119 Å². The van der Waals surface area contributed by atoms with Gasteiger partial charge in [0.25, 0.3) is 5.56 Å². The molecule has 20 heavy (non-hydrogen) atoms. The van der Waals surface area contributed by atoms with Crippen LogP contribution in [-0.4, -0.2) is 14.3 Å². The van der Waals surface area contributed by atoms with Gasteiger partial charge in [-0.2, -0.15) is 5.10 Å². The van der Waals surface area contributed by atoms with E-state index in [-0.39, 0.29) is 5.56 Å². The van der Waals surface area contributed by atoms with E-state index in [4.69, 9.17) is 5.73 Å². The predicted octanol–water partition coefficient (Wildman–Crippen LogP) is 2.34. The Balaban J connectivity index is 2.23. The van der Waals surface area contributed by atoms with Crippen LogP contribution in [0.2, 0.25) is 0 Å². The Hall–Kier alpha value is -2.04. The van der Waals surface area contributed by atoms with E-state index < -0.39 is 0 Å². The lowest BCUT2D eigenvalue weighted by Gasteiger charge is -2.12. The van der Waals surface area contributed by atoms with E-state index in [1.165, 1.54) is 0 Å². The molecule has 5 nitrogen and oxygen atoms in total. The Kier molecular flexibility index (Phi) is 4.27. The molecule has 0 spiro atoms. The van der Waals surface area contributed by atoms with Crippen molar-refractivity contribution < 1.29 is 0 Å². The Morgan fingerprint density at radius 2 is 2.05 bits per heavy atom. The van der Waals surface area contributed by atoms with E-state index in [1.807, 2.05) is 23.9 Å². The molecule has 108 valence electrons. The molecule has 0 unspecified atom stereocenters. The maximum absolute atomic E-state index is 11.9. The van der Waals surface area contributed by atoms with Crippen molar-refractivity contribution in [3.8, 4) is 0 Å². The van der Waals surface area contributed by atoms with Gasteiger partial charge in [0.15, 0.2) is 0 Å². The standard InChI is InChI=1S/C15H22N4O/c1-4-13(5-2)19-7-6-12(17-19)9-18-10-14(16)11(3)8-15(18)20/h6-8,10,13H,4-5,9,16H2,1-3H3. The minimum absolute atomic E-state index is 0.0474. The van der Waals surface area contributed by atoms with Gasteiger partial charge in [0, 0.05) is 18.5 Å². The summed E-state index contributed by atoms with van der Waals surface area (Å²) in [4.78, 5) is 11.9. The van der Waals surface area contributed by atoms with Crippen LogP contribution in [0.1, 0.15) is 44.0 Å². The maximum Gasteiger partial charge on any atom is 0.251 e. The molecule has 0 aliphatic heterocycles. The monoisotopic (exact) mass is 274 g/mol. The van der Waals surface area contributed by atoms with E-state index in [1.54, 1.807) is 16.8 Å². The molecule has 2 rings (SSSR count). The molecule has 0 fully saturated rings. The lowest BCUT2D eigenvalue weighted by molar-refractivity contribution is 0.424. The molecule has 0 radical (unpaired) electrons. The van der Waals surface area contributed by atoms with Gasteiger partial charge in [0.1, 0.15) is 0 Å². The van der Waals surface area contributed by atoms with E-state index in [0.29, 0.717) is 18.3 Å². The highest BCUT2D eigenvalue weighted by molar-refractivity contribution is 5.43. The van der Waals surface area contributed by atoms with Gasteiger partial charge in [-0.05, 0) is 31.4 Å². The van der Waals surface area contributed by atoms with Crippen molar-refractivity contribution in [2.75, 3.05) is 5.73 Å². The van der Waals surface area contributed by atoms with E-state index in [9.17, 15) is 4.79 Å². The van der Waals surface area contributed by atoms with Crippen LogP contribution in [0, 0.1) is 6.92 Å². The summed E-state index contributed by atoms with van der Waals surface area (Å²) in [5.41, 5.74) is 8.13. The smallest absolute Gasteiger partial charge is 0.251 e. The zero-order valence-corrected chi connectivity index (χ0v) is 12.3. The third-order valence-corrected chi connectivity index (χ3v) is 3.69. The first kappa shape index (κ1) is 14.4. The summed E-state index contributed by atoms with van der Waals surface area (Å²) in [6, 6.07) is 3.94. The van der Waals surface area contributed by atoms with Crippen molar-refractivity contribution >= 4 is 5.69 Å². The average Bonchev–Trinajstić information content (AvgIpc) is 2.86. The van der Waals surface area contributed by atoms with Crippen LogP contribution in [0.5, 0.6) is 0 Å². The van der Waals surface area contributed by atoms with Crippen LogP contribution < -0.4 is 11.3 Å². The van der Waals surface area contributed by atoms with Gasteiger partial charge >= 0.3 is 0 Å². The summed E-state index contributed by atoms with van der Waals surface area (Å²) in [6.07, 6.45) is 5.77. The second-order valence-electron chi connectivity index (χ2n) is 5.14. The highest BCUT2D eigenvalue weighted by Crippen LogP contribution is 2.15. The van der Waals surface area contributed by atoms with Crippen LogP contribution in [-0.2, 0) is 6.54 Å². The summed E-state index contributed by atoms with van der Waals surface area (Å²) in [5.74, 6) is 0. The number of nitrogens with zero attached hydrogens (tertiary/aromatic N) is 3. The maximum atomic E-state index is 11.9. The summed E-state index contributed by atoms with van der Waals surface area (Å²) in [5, 5.41) is 4.56. The fourth-order valence-corrected chi connectivity index (χ4v) is 2.31. The molecule has 2 aromatic heterocycles. The molecule has 0 amide bonds. The third-order valence-electron chi connectivity index (χ3n) is 3.69. The number of nitrogens with two attached hydrogens (primary N) is 1. The van der Waals surface area contributed by atoms with E-state index in [2.05, 4.69) is 18.9 Å². The minimum Gasteiger partial charge on any atom is -0.397 e. The second kappa shape index (κ2) is 5.94. The zero-order chi connectivity index (χ0) is 14.7. The second-order valence-corrected chi connectivity index (χ2v) is 5.14. The van der Waals surface area contributed by atoms with Crippen LogP contribution in [0.3, 0.4) is 0 Å².